The third-order valence-electron chi connectivity index (χ3n) is 7.13. The Hall–Kier alpha value is -3.51. The Labute approximate surface area is 192 Å². The van der Waals surface area contributed by atoms with Crippen LogP contribution >= 0.6 is 0 Å². The topological polar surface area (TPSA) is 82.4 Å². The van der Waals surface area contributed by atoms with Crippen LogP contribution < -0.4 is 5.11 Å². The lowest BCUT2D eigenvalue weighted by Crippen LogP contribution is -2.42. The quantitative estimate of drug-likeness (QED) is 0.476. The van der Waals surface area contributed by atoms with Gasteiger partial charge in [-0.3, -0.25) is 14.5 Å². The predicted molar refractivity (Wildman–Crippen MR) is 121 cm³/mol. The van der Waals surface area contributed by atoms with E-state index in [2.05, 4.69) is 19.1 Å². The van der Waals surface area contributed by atoms with E-state index < -0.39 is 12.0 Å². The largest absolute Gasteiger partial charge is 0.548 e. The van der Waals surface area contributed by atoms with Crippen LogP contribution in [0.4, 0.5) is 0 Å². The number of likely N-dealkylation sites (N-methyl/N-ethyl adjacent to an activating group) is 1. The van der Waals surface area contributed by atoms with Crippen LogP contribution in [0.3, 0.4) is 0 Å². The SMILES string of the molecule is CCN(CC)C(C(=O)[O-])c1cccc2c1C(=O)c1cn3c(c1C2=O)C(C)c1ccccc1C3. The minimum Gasteiger partial charge on any atom is -0.548 e. The van der Waals surface area contributed by atoms with Crippen LogP contribution in [0.15, 0.2) is 48.7 Å². The van der Waals surface area contributed by atoms with Crippen molar-refractivity contribution in [3.63, 3.8) is 0 Å². The number of carboxylic acid groups (broad SMARTS) is 1. The molecule has 6 nitrogen and oxygen atoms in total. The molecular formula is C27H25N2O4-. The number of carbonyl (C=O) groups excluding carboxylic acids is 3. The van der Waals surface area contributed by atoms with Crippen molar-refractivity contribution in [3.05, 3.63) is 93.3 Å². The molecule has 33 heavy (non-hydrogen) atoms. The maximum Gasteiger partial charge on any atom is 0.196 e. The van der Waals surface area contributed by atoms with Gasteiger partial charge in [0.1, 0.15) is 0 Å². The third-order valence-corrected chi connectivity index (χ3v) is 7.13. The van der Waals surface area contributed by atoms with E-state index in [4.69, 9.17) is 0 Å². The molecule has 2 heterocycles. The van der Waals surface area contributed by atoms with Crippen molar-refractivity contribution in [2.75, 3.05) is 13.1 Å². The minimum atomic E-state index is -1.28. The van der Waals surface area contributed by atoms with Crippen LogP contribution in [0.1, 0.15) is 87.0 Å². The van der Waals surface area contributed by atoms with Crippen molar-refractivity contribution in [2.24, 2.45) is 0 Å². The van der Waals surface area contributed by atoms with Crippen LogP contribution in [-0.4, -0.2) is 40.1 Å². The van der Waals surface area contributed by atoms with E-state index in [-0.39, 0.29) is 28.6 Å². The van der Waals surface area contributed by atoms with E-state index >= 15 is 0 Å². The first-order valence-electron chi connectivity index (χ1n) is 11.4. The van der Waals surface area contributed by atoms with Gasteiger partial charge >= 0.3 is 0 Å². The molecule has 2 atom stereocenters. The van der Waals surface area contributed by atoms with E-state index in [0.717, 1.165) is 11.3 Å². The molecule has 1 aromatic heterocycles. The van der Waals surface area contributed by atoms with Gasteiger partial charge in [0.15, 0.2) is 11.6 Å². The molecule has 0 N–H and O–H groups in total. The van der Waals surface area contributed by atoms with Gasteiger partial charge < -0.3 is 14.5 Å². The highest BCUT2D eigenvalue weighted by Crippen LogP contribution is 2.42. The fourth-order valence-corrected chi connectivity index (χ4v) is 5.58. The zero-order chi connectivity index (χ0) is 23.4. The molecule has 0 saturated heterocycles. The van der Waals surface area contributed by atoms with Crippen molar-refractivity contribution >= 4 is 17.5 Å². The Balaban J connectivity index is 1.70. The Morgan fingerprint density at radius 3 is 2.42 bits per heavy atom. The number of carbonyl (C=O) groups is 3. The lowest BCUT2D eigenvalue weighted by atomic mass is 9.79. The summed E-state index contributed by atoms with van der Waals surface area (Å²) in [5.41, 5.74) is 4.74. The Morgan fingerprint density at radius 2 is 1.73 bits per heavy atom. The molecule has 0 fully saturated rings. The van der Waals surface area contributed by atoms with Gasteiger partial charge in [0, 0.05) is 35.5 Å². The zero-order valence-electron chi connectivity index (χ0n) is 18.9. The molecule has 5 rings (SSSR count). The second-order valence-electron chi connectivity index (χ2n) is 8.72. The maximum atomic E-state index is 13.8. The molecule has 0 bridgehead atoms. The highest BCUT2D eigenvalue weighted by Gasteiger charge is 2.40. The number of hydrogen-bond donors (Lipinski definition) is 0. The Bertz CT molecular complexity index is 1320. The summed E-state index contributed by atoms with van der Waals surface area (Å²) in [7, 11) is 0. The summed E-state index contributed by atoms with van der Waals surface area (Å²) in [5.74, 6) is -1.84. The number of rotatable bonds is 5. The number of hydrogen-bond acceptors (Lipinski definition) is 5. The number of ketones is 2. The van der Waals surface area contributed by atoms with Gasteiger partial charge in [-0.05, 0) is 29.8 Å². The van der Waals surface area contributed by atoms with E-state index in [0.29, 0.717) is 36.3 Å². The molecule has 0 saturated carbocycles. The van der Waals surface area contributed by atoms with E-state index in [1.165, 1.54) is 5.56 Å². The molecule has 3 aromatic rings. The molecule has 2 aromatic carbocycles. The van der Waals surface area contributed by atoms with Gasteiger partial charge in [0.25, 0.3) is 0 Å². The summed E-state index contributed by atoms with van der Waals surface area (Å²) < 4.78 is 2.00. The Kier molecular flexibility index (Phi) is 5.05. The third kappa shape index (κ3) is 3.01. The molecule has 2 aliphatic rings. The van der Waals surface area contributed by atoms with Crippen molar-refractivity contribution in [1.29, 1.82) is 0 Å². The van der Waals surface area contributed by atoms with Gasteiger partial charge in [-0.1, -0.05) is 63.2 Å². The maximum absolute atomic E-state index is 13.8. The molecule has 2 unspecified atom stereocenters. The Morgan fingerprint density at radius 1 is 1.03 bits per heavy atom. The highest BCUT2D eigenvalue weighted by atomic mass is 16.4. The molecule has 168 valence electrons. The summed E-state index contributed by atoms with van der Waals surface area (Å²) in [6.07, 6.45) is 1.77. The fourth-order valence-electron chi connectivity index (χ4n) is 5.58. The van der Waals surface area contributed by atoms with Crippen LogP contribution in [0, 0.1) is 0 Å². The summed E-state index contributed by atoms with van der Waals surface area (Å²) in [5, 5.41) is 12.2. The van der Waals surface area contributed by atoms with Crippen LogP contribution in [0.5, 0.6) is 0 Å². The average molecular weight is 442 g/mol. The summed E-state index contributed by atoms with van der Waals surface area (Å²) in [6.45, 7) is 7.32. The lowest BCUT2D eigenvalue weighted by Gasteiger charge is -2.33. The van der Waals surface area contributed by atoms with Crippen molar-refractivity contribution in [1.82, 2.24) is 9.47 Å². The monoisotopic (exact) mass is 441 g/mol. The standard InChI is InChI=1S/C27H26N2O4/c1-4-28(5-2)24(27(32)33)18-11-8-12-19-21(18)26(31)20-14-29-13-16-9-6-7-10-17(16)15(3)23(29)22(20)25(19)30/h6-12,14-15,24H,4-5,13H2,1-3H3,(H,32,33)/p-1. The second kappa shape index (κ2) is 7.81. The fraction of sp³-hybridized carbons (Fsp3) is 0.296. The first kappa shape index (κ1) is 21.3. The van der Waals surface area contributed by atoms with Crippen LogP contribution in [-0.2, 0) is 11.3 Å². The smallest absolute Gasteiger partial charge is 0.196 e. The number of aromatic nitrogens is 1. The predicted octanol–water partition coefficient (Wildman–Crippen LogP) is 2.91. The normalized spacial score (nSPS) is 17.3. The van der Waals surface area contributed by atoms with E-state index in [1.54, 1.807) is 29.3 Å². The number of aliphatic carboxylic acids is 1. The van der Waals surface area contributed by atoms with Gasteiger partial charge in [-0.25, -0.2) is 0 Å². The first-order chi connectivity index (χ1) is 15.9. The molecular weight excluding hydrogens is 416 g/mol. The average Bonchev–Trinajstić information content (AvgIpc) is 3.20. The molecule has 1 aliphatic heterocycles. The van der Waals surface area contributed by atoms with Crippen molar-refractivity contribution in [2.45, 2.75) is 39.3 Å². The lowest BCUT2D eigenvalue weighted by molar-refractivity contribution is -0.312. The highest BCUT2D eigenvalue weighted by molar-refractivity contribution is 6.29. The van der Waals surface area contributed by atoms with Gasteiger partial charge in [0.05, 0.1) is 23.1 Å². The molecule has 0 spiro atoms. The second-order valence-corrected chi connectivity index (χ2v) is 8.72. The van der Waals surface area contributed by atoms with Gasteiger partial charge in [-0.15, -0.1) is 0 Å². The van der Waals surface area contributed by atoms with Crippen LogP contribution in [0.25, 0.3) is 0 Å². The van der Waals surface area contributed by atoms with Crippen LogP contribution in [0.2, 0.25) is 0 Å². The van der Waals surface area contributed by atoms with Crippen molar-refractivity contribution in [3.8, 4) is 0 Å². The molecule has 1 aliphatic carbocycles. The minimum absolute atomic E-state index is 0.0353. The molecule has 0 amide bonds. The number of carboxylic acids is 1. The van der Waals surface area contributed by atoms with E-state index in [1.807, 2.05) is 30.5 Å². The zero-order valence-corrected chi connectivity index (χ0v) is 18.9. The molecule has 6 heteroatoms. The van der Waals surface area contributed by atoms with E-state index in [9.17, 15) is 19.5 Å². The first-order valence-corrected chi connectivity index (χ1v) is 11.4. The molecule has 0 radical (unpaired) electrons. The summed E-state index contributed by atoms with van der Waals surface area (Å²) in [6, 6.07) is 11.9. The number of fused-ring (bicyclic) bond motifs is 5. The number of nitrogens with zero attached hydrogens (tertiary/aromatic N) is 2. The summed E-state index contributed by atoms with van der Waals surface area (Å²) in [4.78, 5) is 41.4. The van der Waals surface area contributed by atoms with Gasteiger partial charge in [-0.2, -0.15) is 0 Å². The summed E-state index contributed by atoms with van der Waals surface area (Å²) >= 11 is 0. The van der Waals surface area contributed by atoms with Crippen molar-refractivity contribution < 1.29 is 19.5 Å². The number of benzene rings is 2. The van der Waals surface area contributed by atoms with Gasteiger partial charge in [0.2, 0.25) is 0 Å².